The molecule has 0 atom stereocenters. The van der Waals surface area contributed by atoms with Gasteiger partial charge in [0.1, 0.15) is 0 Å². The largest absolute Gasteiger partial charge is 0.478 e. The fourth-order valence-corrected chi connectivity index (χ4v) is 2.60. The molecule has 0 radical (unpaired) electrons. The Morgan fingerprint density at radius 1 is 1.15 bits per heavy atom. The van der Waals surface area contributed by atoms with E-state index in [1.165, 1.54) is 5.56 Å². The van der Waals surface area contributed by atoms with Crippen molar-refractivity contribution in [2.24, 2.45) is 0 Å². The zero-order valence-corrected chi connectivity index (χ0v) is 12.6. The van der Waals surface area contributed by atoms with Gasteiger partial charge in [-0.2, -0.15) is 0 Å². The number of hydrogen-bond acceptors (Lipinski definition) is 2. The van der Waals surface area contributed by atoms with Crippen molar-refractivity contribution in [2.45, 2.75) is 20.8 Å². The second kappa shape index (κ2) is 5.04. The second-order valence-corrected chi connectivity index (χ2v) is 5.29. The van der Waals surface area contributed by atoms with Gasteiger partial charge in [0.05, 0.1) is 5.56 Å². The molecule has 0 saturated carbocycles. The molecule has 1 aromatic heterocycles. The average molecular weight is 272 g/mol. The van der Waals surface area contributed by atoms with Gasteiger partial charge in [0.15, 0.2) is 0 Å². The first kappa shape index (κ1) is 14.2. The van der Waals surface area contributed by atoms with Crippen LogP contribution in [0.1, 0.15) is 27.3 Å². The summed E-state index contributed by atoms with van der Waals surface area (Å²) in [5, 5.41) is 9.22. The number of hydrogen-bond donors (Lipinski definition) is 1. The maximum absolute atomic E-state index is 11.2. The van der Waals surface area contributed by atoms with E-state index in [9.17, 15) is 9.90 Å². The van der Waals surface area contributed by atoms with Crippen LogP contribution < -0.4 is 4.90 Å². The molecule has 4 heteroatoms. The van der Waals surface area contributed by atoms with Crippen molar-refractivity contribution >= 4 is 11.7 Å². The number of benzene rings is 1. The normalized spacial score (nSPS) is 10.7. The highest BCUT2D eigenvalue weighted by molar-refractivity contribution is 5.89. The molecule has 0 amide bonds. The highest BCUT2D eigenvalue weighted by Gasteiger charge is 2.16. The zero-order valence-electron chi connectivity index (χ0n) is 12.6. The molecule has 1 aromatic carbocycles. The first-order valence-electron chi connectivity index (χ1n) is 6.53. The van der Waals surface area contributed by atoms with E-state index in [4.69, 9.17) is 0 Å². The monoisotopic (exact) mass is 272 g/mol. The van der Waals surface area contributed by atoms with E-state index in [0.717, 1.165) is 22.8 Å². The summed E-state index contributed by atoms with van der Waals surface area (Å²) in [5.74, 6) is -0.885. The van der Waals surface area contributed by atoms with Crippen LogP contribution in [-0.2, 0) is 0 Å². The number of carboxylic acids is 1. The summed E-state index contributed by atoms with van der Waals surface area (Å²) in [4.78, 5) is 13.3. The Hall–Kier alpha value is -2.23. The number of carbonyl (C=O) groups is 1. The predicted octanol–water partition coefficient (Wildman–Crippen LogP) is 3.17. The van der Waals surface area contributed by atoms with Gasteiger partial charge in [0.2, 0.25) is 0 Å². The number of aromatic carboxylic acids is 1. The minimum atomic E-state index is -0.885. The Balaban J connectivity index is 2.63. The Kier molecular flexibility index (Phi) is 3.57. The maximum Gasteiger partial charge on any atom is 0.337 e. The summed E-state index contributed by atoms with van der Waals surface area (Å²) in [5.41, 5.74) is 5.35. The van der Waals surface area contributed by atoms with E-state index in [0.29, 0.717) is 5.56 Å². The number of aromatic nitrogens is 1. The Morgan fingerprint density at radius 2 is 1.80 bits per heavy atom. The number of anilines is 1. The summed E-state index contributed by atoms with van der Waals surface area (Å²) in [6, 6.07) is 7.88. The van der Waals surface area contributed by atoms with E-state index < -0.39 is 5.97 Å². The molecule has 0 aliphatic carbocycles. The highest BCUT2D eigenvalue weighted by Crippen LogP contribution is 2.26. The second-order valence-electron chi connectivity index (χ2n) is 5.29. The molecule has 0 saturated heterocycles. The molecule has 2 rings (SSSR count). The van der Waals surface area contributed by atoms with Crippen LogP contribution in [0.5, 0.6) is 0 Å². The molecule has 0 fully saturated rings. The van der Waals surface area contributed by atoms with Gasteiger partial charge < -0.3 is 14.6 Å². The van der Waals surface area contributed by atoms with Crippen LogP contribution in [0, 0.1) is 20.8 Å². The summed E-state index contributed by atoms with van der Waals surface area (Å²) in [7, 11) is 4.01. The van der Waals surface area contributed by atoms with Crippen LogP contribution in [0.15, 0.2) is 24.3 Å². The first-order valence-corrected chi connectivity index (χ1v) is 6.53. The molecule has 20 heavy (non-hydrogen) atoms. The Labute approximate surface area is 119 Å². The molecule has 1 heterocycles. The lowest BCUT2D eigenvalue weighted by Gasteiger charge is -2.18. The molecular formula is C16H20N2O2. The van der Waals surface area contributed by atoms with E-state index in [1.807, 2.05) is 38.6 Å². The van der Waals surface area contributed by atoms with Crippen molar-refractivity contribution in [2.75, 3.05) is 19.0 Å². The molecule has 0 aliphatic rings. The van der Waals surface area contributed by atoms with Crippen molar-refractivity contribution in [3.63, 3.8) is 0 Å². The van der Waals surface area contributed by atoms with Crippen molar-refractivity contribution < 1.29 is 9.90 Å². The van der Waals surface area contributed by atoms with E-state index >= 15 is 0 Å². The number of nitrogens with zero attached hydrogens (tertiary/aromatic N) is 2. The number of aryl methyl sites for hydroxylation is 2. The van der Waals surface area contributed by atoms with Crippen LogP contribution in [0.4, 0.5) is 5.69 Å². The molecule has 0 aliphatic heterocycles. The number of carboxylic acid groups (broad SMARTS) is 1. The van der Waals surface area contributed by atoms with Crippen LogP contribution >= 0.6 is 0 Å². The maximum atomic E-state index is 11.2. The fraction of sp³-hybridized carbons (Fsp3) is 0.312. The van der Waals surface area contributed by atoms with Crippen molar-refractivity contribution in [1.29, 1.82) is 0 Å². The average Bonchev–Trinajstić information content (AvgIpc) is 2.66. The van der Waals surface area contributed by atoms with Crippen LogP contribution in [0.3, 0.4) is 0 Å². The van der Waals surface area contributed by atoms with Crippen molar-refractivity contribution in [1.82, 2.24) is 4.57 Å². The first-order chi connectivity index (χ1) is 9.32. The van der Waals surface area contributed by atoms with Crippen LogP contribution in [0.25, 0.3) is 5.69 Å². The summed E-state index contributed by atoms with van der Waals surface area (Å²) in [6.45, 7) is 5.83. The lowest BCUT2D eigenvalue weighted by Crippen LogP contribution is -2.11. The summed E-state index contributed by atoms with van der Waals surface area (Å²) < 4.78 is 1.98. The standard InChI is InChI=1S/C16H20N2O2/c1-10-6-7-13(9-15(10)17(4)5)18-11(2)8-14(12(18)3)16(19)20/h6-9H,1-5H3,(H,19,20). The fourth-order valence-electron chi connectivity index (χ4n) is 2.60. The zero-order chi connectivity index (χ0) is 15.0. The minimum Gasteiger partial charge on any atom is -0.478 e. The molecule has 4 nitrogen and oxygen atoms in total. The van der Waals surface area contributed by atoms with E-state index in [-0.39, 0.29) is 0 Å². The van der Waals surface area contributed by atoms with Gasteiger partial charge in [-0.25, -0.2) is 4.79 Å². The van der Waals surface area contributed by atoms with Gasteiger partial charge in [0.25, 0.3) is 0 Å². The van der Waals surface area contributed by atoms with Gasteiger partial charge in [-0.05, 0) is 44.5 Å². The molecule has 1 N–H and O–H groups in total. The van der Waals surface area contributed by atoms with Gasteiger partial charge in [-0.1, -0.05) is 6.07 Å². The predicted molar refractivity (Wildman–Crippen MR) is 81.3 cm³/mol. The van der Waals surface area contributed by atoms with Crippen molar-refractivity contribution in [3.05, 3.63) is 46.8 Å². The molecule has 0 unspecified atom stereocenters. The van der Waals surface area contributed by atoms with Gasteiger partial charge >= 0.3 is 5.97 Å². The topological polar surface area (TPSA) is 45.5 Å². The quantitative estimate of drug-likeness (QED) is 0.933. The molecule has 0 spiro atoms. The third-order valence-electron chi connectivity index (χ3n) is 3.59. The van der Waals surface area contributed by atoms with Gasteiger partial charge in [-0.3, -0.25) is 0 Å². The van der Waals surface area contributed by atoms with Crippen LogP contribution in [-0.4, -0.2) is 29.7 Å². The number of rotatable bonds is 3. The van der Waals surface area contributed by atoms with Crippen LogP contribution in [0.2, 0.25) is 0 Å². The highest BCUT2D eigenvalue weighted by atomic mass is 16.4. The van der Waals surface area contributed by atoms with E-state index in [1.54, 1.807) is 6.07 Å². The SMILES string of the molecule is Cc1ccc(-n2c(C)cc(C(=O)O)c2C)cc1N(C)C. The molecule has 106 valence electrons. The lowest BCUT2D eigenvalue weighted by atomic mass is 10.1. The third kappa shape index (κ3) is 2.29. The smallest absolute Gasteiger partial charge is 0.337 e. The van der Waals surface area contributed by atoms with Gasteiger partial charge in [-0.15, -0.1) is 0 Å². The third-order valence-corrected chi connectivity index (χ3v) is 3.59. The molecule has 0 bridgehead atoms. The Bertz CT molecular complexity index is 669. The summed E-state index contributed by atoms with van der Waals surface area (Å²) >= 11 is 0. The van der Waals surface area contributed by atoms with Crippen molar-refractivity contribution in [3.8, 4) is 5.69 Å². The molecular weight excluding hydrogens is 252 g/mol. The minimum absolute atomic E-state index is 0.356. The Morgan fingerprint density at radius 3 is 2.30 bits per heavy atom. The summed E-state index contributed by atoms with van der Waals surface area (Å²) in [6.07, 6.45) is 0. The molecule has 2 aromatic rings. The van der Waals surface area contributed by atoms with Gasteiger partial charge in [0, 0.05) is 36.9 Å². The van der Waals surface area contributed by atoms with E-state index in [2.05, 4.69) is 24.0 Å². The lowest BCUT2D eigenvalue weighted by molar-refractivity contribution is 0.0696.